The standard InChI is InChI=1S/C21H25.C17H6F12.C5H5.Zr/c1-20(2,3)16-7-9-18-14(12-16)11-15-13-17(21(4,5)6)8-10-19(15)18;18-14(19,20)10-2-8(3-11(6-10)15(21,22)23)1-9-4-12(16(24,25)26)7-13(5-9)17(27,28)29;1-2-4-5-3-1;/h7-13H,1-6H3;2-7H;1-5H;/q-1;;-1;+2. The van der Waals surface area contributed by atoms with E-state index < -0.39 is 61.3 Å². The van der Waals surface area contributed by atoms with Crippen molar-refractivity contribution in [3.8, 4) is 0 Å². The Morgan fingerprint density at radius 2 is 0.732 bits per heavy atom. The largest absolute Gasteiger partial charge is 0.214 e. The summed E-state index contributed by atoms with van der Waals surface area (Å²) in [6.07, 6.45) is -20.9. The Hall–Kier alpha value is -3.99. The molecule has 0 saturated heterocycles. The van der Waals surface area contributed by atoms with Gasteiger partial charge >= 0.3 is 175 Å². The normalized spacial score (nSPS) is 12.9. The summed E-state index contributed by atoms with van der Waals surface area (Å²) in [7, 11) is 0. The molecular weight excluding hydrogens is 836 g/mol. The van der Waals surface area contributed by atoms with Gasteiger partial charge in [0.15, 0.2) is 0 Å². The van der Waals surface area contributed by atoms with Crippen LogP contribution in [0.4, 0.5) is 52.7 Å². The molecule has 0 fully saturated rings. The second-order valence-electron chi connectivity index (χ2n) is 15.2. The van der Waals surface area contributed by atoms with Gasteiger partial charge in [0.1, 0.15) is 0 Å². The molecule has 6 aromatic rings. The summed E-state index contributed by atoms with van der Waals surface area (Å²) in [5.74, 6) is 0. The van der Waals surface area contributed by atoms with Crippen LogP contribution in [0, 0.1) is 0 Å². The molecule has 0 aliphatic heterocycles. The van der Waals surface area contributed by atoms with E-state index in [9.17, 15) is 52.7 Å². The van der Waals surface area contributed by atoms with E-state index in [1.165, 1.54) is 32.7 Å². The zero-order valence-corrected chi connectivity index (χ0v) is 33.4. The van der Waals surface area contributed by atoms with Gasteiger partial charge in [-0.15, -0.1) is 39.7 Å². The third-order valence-electron chi connectivity index (χ3n) is 8.74. The van der Waals surface area contributed by atoms with E-state index in [1.54, 1.807) is 0 Å². The van der Waals surface area contributed by atoms with Crippen LogP contribution in [-0.4, -0.2) is 3.21 Å². The van der Waals surface area contributed by atoms with Crippen LogP contribution < -0.4 is 0 Å². The van der Waals surface area contributed by atoms with E-state index in [0.717, 1.165) is 0 Å². The van der Waals surface area contributed by atoms with Crippen LogP contribution >= 0.6 is 0 Å². The van der Waals surface area contributed by atoms with Gasteiger partial charge in [-0.1, -0.05) is 76.9 Å². The van der Waals surface area contributed by atoms with Crippen LogP contribution in [0.1, 0.15) is 86.1 Å². The summed E-state index contributed by atoms with van der Waals surface area (Å²) >= 11 is -0.00108. The number of hydrogen-bond donors (Lipinski definition) is 0. The zero-order chi connectivity index (χ0) is 42.2. The molecule has 13 heteroatoms. The Kier molecular flexibility index (Phi) is 12.9. The van der Waals surface area contributed by atoms with Crippen molar-refractivity contribution in [1.29, 1.82) is 0 Å². The maximum atomic E-state index is 13.0. The molecule has 56 heavy (non-hydrogen) atoms. The Bertz CT molecular complexity index is 2050. The number of hydrogen-bond acceptors (Lipinski definition) is 0. The van der Waals surface area contributed by atoms with E-state index in [0.29, 0.717) is 0 Å². The molecular formula is C43H36F12Zr. The van der Waals surface area contributed by atoms with Gasteiger partial charge < -0.3 is 0 Å². The molecule has 0 aliphatic rings. The predicted octanol–water partition coefficient (Wildman–Crippen LogP) is 14.6. The van der Waals surface area contributed by atoms with Gasteiger partial charge in [0.2, 0.25) is 0 Å². The molecule has 0 heterocycles. The number of rotatable bonds is 2. The Morgan fingerprint density at radius 1 is 0.429 bits per heavy atom. The number of benzene rings is 4. The first-order valence-electron chi connectivity index (χ1n) is 17.0. The topological polar surface area (TPSA) is 0 Å². The van der Waals surface area contributed by atoms with Crippen LogP contribution in [0.25, 0.3) is 21.5 Å². The van der Waals surface area contributed by atoms with Gasteiger partial charge in [0, 0.05) is 0 Å². The molecule has 0 radical (unpaired) electrons. The monoisotopic (exact) mass is 870 g/mol. The number of alkyl halides is 12. The summed E-state index contributed by atoms with van der Waals surface area (Å²) in [5, 5.41) is 5.48. The van der Waals surface area contributed by atoms with Crippen molar-refractivity contribution in [3.05, 3.63) is 154 Å². The van der Waals surface area contributed by atoms with Crippen molar-refractivity contribution in [2.24, 2.45) is 0 Å². The summed E-state index contributed by atoms with van der Waals surface area (Å²) in [6.45, 7) is 13.6. The first kappa shape index (κ1) is 44.7. The Labute approximate surface area is 331 Å². The fourth-order valence-corrected chi connectivity index (χ4v) is 6.35. The summed E-state index contributed by atoms with van der Waals surface area (Å²) in [6, 6.07) is 26.8. The van der Waals surface area contributed by atoms with Crippen molar-refractivity contribution in [1.82, 2.24) is 0 Å². The van der Waals surface area contributed by atoms with E-state index in [4.69, 9.17) is 0 Å². The van der Waals surface area contributed by atoms with Crippen LogP contribution in [-0.2, 0) is 59.8 Å². The molecule has 0 aliphatic carbocycles. The van der Waals surface area contributed by atoms with E-state index >= 15 is 0 Å². The second kappa shape index (κ2) is 16.1. The maximum Gasteiger partial charge on any atom is -0.172 e. The van der Waals surface area contributed by atoms with Crippen molar-refractivity contribution in [2.45, 2.75) is 77.1 Å². The molecule has 0 nitrogen and oxygen atoms in total. The van der Waals surface area contributed by atoms with Crippen molar-refractivity contribution < 1.29 is 76.9 Å². The minimum atomic E-state index is -5.22. The fourth-order valence-electron chi connectivity index (χ4n) is 5.64. The SMILES string of the molecule is CC(C)(C)c1ccc2c(c1)[cH-]c1cc(C(C)(C)C)ccc12.FC(F)(F)c1cc([C](=[Zr+2])c2cc(C(F)(F)F)cc(C(F)(F)F)c2)cc(C(F)(F)F)c1.c1cc[cH-]c1. The van der Waals surface area contributed by atoms with Gasteiger partial charge in [-0.3, -0.25) is 0 Å². The van der Waals surface area contributed by atoms with Crippen LogP contribution in [0.2, 0.25) is 0 Å². The maximum absolute atomic E-state index is 13.0. The van der Waals surface area contributed by atoms with E-state index in [1.807, 2.05) is 30.3 Å². The molecule has 0 bridgehead atoms. The average Bonchev–Trinajstić information content (AvgIpc) is 3.77. The minimum absolute atomic E-state index is 0.00108. The molecule has 0 saturated carbocycles. The minimum Gasteiger partial charge on any atom is -0.214 e. The molecule has 0 aromatic heterocycles. The third-order valence-corrected chi connectivity index (χ3v) is 10.2. The van der Waals surface area contributed by atoms with Crippen molar-refractivity contribution >= 4 is 24.8 Å². The zero-order valence-electron chi connectivity index (χ0n) is 30.9. The Morgan fingerprint density at radius 3 is 0.964 bits per heavy atom. The molecule has 296 valence electrons. The van der Waals surface area contributed by atoms with Gasteiger partial charge in [-0.25, -0.2) is 12.1 Å². The van der Waals surface area contributed by atoms with Crippen LogP contribution in [0.3, 0.4) is 0 Å². The number of fused-ring (bicyclic) bond motifs is 3. The first-order valence-corrected chi connectivity index (χ1v) is 18.2. The predicted molar refractivity (Wildman–Crippen MR) is 193 cm³/mol. The van der Waals surface area contributed by atoms with Gasteiger partial charge in [-0.05, 0) is 10.8 Å². The van der Waals surface area contributed by atoms with Gasteiger partial charge in [0.25, 0.3) is 0 Å². The van der Waals surface area contributed by atoms with E-state index in [-0.39, 0.29) is 71.5 Å². The molecule has 6 rings (SSSR count). The Balaban J connectivity index is 0.000000230. The van der Waals surface area contributed by atoms with Crippen LogP contribution in [0.15, 0.2) is 109 Å². The first-order chi connectivity index (χ1) is 25.5. The van der Waals surface area contributed by atoms with Crippen LogP contribution in [0.5, 0.6) is 0 Å². The molecule has 0 unspecified atom stereocenters. The van der Waals surface area contributed by atoms with Gasteiger partial charge in [-0.2, -0.15) is 18.2 Å². The van der Waals surface area contributed by atoms with Crippen molar-refractivity contribution in [3.63, 3.8) is 0 Å². The van der Waals surface area contributed by atoms with E-state index in [2.05, 4.69) is 84.0 Å². The third kappa shape index (κ3) is 11.3. The molecule has 0 amide bonds. The smallest absolute Gasteiger partial charge is 0.172 e. The fraction of sp³-hybridized carbons (Fsp3) is 0.279. The van der Waals surface area contributed by atoms with Crippen molar-refractivity contribution in [2.75, 3.05) is 0 Å². The quantitative estimate of drug-likeness (QED) is 0.120. The molecule has 0 atom stereocenters. The molecule has 0 N–H and O–H groups in total. The average molecular weight is 872 g/mol. The summed E-state index contributed by atoms with van der Waals surface area (Å²) in [4.78, 5) is 0. The summed E-state index contributed by atoms with van der Waals surface area (Å²) < 4.78 is 155. The molecule has 0 spiro atoms. The number of halogens is 12. The molecule has 6 aromatic carbocycles. The summed E-state index contributed by atoms with van der Waals surface area (Å²) in [5.41, 5.74) is -5.33. The second-order valence-corrected chi connectivity index (χ2v) is 16.4. The van der Waals surface area contributed by atoms with Gasteiger partial charge in [0.05, 0.1) is 0 Å².